The van der Waals surface area contributed by atoms with Crippen LogP contribution in [0.4, 0.5) is 4.79 Å². The van der Waals surface area contributed by atoms with Crippen molar-refractivity contribution in [1.82, 2.24) is 14.7 Å². The van der Waals surface area contributed by atoms with Gasteiger partial charge in [-0.05, 0) is 37.8 Å². The Labute approximate surface area is 133 Å². The van der Waals surface area contributed by atoms with E-state index in [9.17, 15) is 4.79 Å². The normalized spacial score (nSPS) is 21.7. The molecule has 1 aromatic carbocycles. The first-order valence-electron chi connectivity index (χ1n) is 8.60. The van der Waals surface area contributed by atoms with Crippen LogP contribution in [-0.4, -0.2) is 60.0 Å². The topological polar surface area (TPSA) is 26.8 Å². The molecule has 120 valence electrons. The molecule has 2 aliphatic rings. The molecule has 0 N–H and O–H groups in total. The molecule has 0 saturated carbocycles. The summed E-state index contributed by atoms with van der Waals surface area (Å²) >= 11 is 0. The number of hydrogen-bond donors (Lipinski definition) is 0. The van der Waals surface area contributed by atoms with Crippen LogP contribution in [-0.2, 0) is 6.42 Å². The molecular weight excluding hydrogens is 274 g/mol. The van der Waals surface area contributed by atoms with Crippen molar-refractivity contribution < 1.29 is 4.79 Å². The molecule has 0 aromatic heterocycles. The third kappa shape index (κ3) is 2.84. The second-order valence-electron chi connectivity index (χ2n) is 6.23. The molecule has 0 radical (unpaired) electrons. The first-order valence-corrected chi connectivity index (χ1v) is 8.60. The van der Waals surface area contributed by atoms with E-state index in [4.69, 9.17) is 0 Å². The smallest absolute Gasteiger partial charge is 0.320 e. The van der Waals surface area contributed by atoms with Crippen LogP contribution >= 0.6 is 0 Å². The Morgan fingerprint density at radius 1 is 1.14 bits per heavy atom. The third-order valence-electron chi connectivity index (χ3n) is 5.16. The van der Waals surface area contributed by atoms with Crippen LogP contribution in [0.2, 0.25) is 0 Å². The van der Waals surface area contributed by atoms with Gasteiger partial charge in [-0.2, -0.15) is 0 Å². The number of fused-ring (bicyclic) bond motifs is 1. The zero-order chi connectivity index (χ0) is 15.5. The van der Waals surface area contributed by atoms with Crippen molar-refractivity contribution in [2.45, 2.75) is 32.7 Å². The second kappa shape index (κ2) is 6.69. The largest absolute Gasteiger partial charge is 0.325 e. The van der Waals surface area contributed by atoms with Gasteiger partial charge in [0, 0.05) is 45.3 Å². The van der Waals surface area contributed by atoms with E-state index in [2.05, 4.69) is 29.2 Å². The highest BCUT2D eigenvalue weighted by Crippen LogP contribution is 2.35. The summed E-state index contributed by atoms with van der Waals surface area (Å²) in [5.74, 6) is 0. The molecule has 4 nitrogen and oxygen atoms in total. The molecule has 1 aromatic rings. The number of hydrogen-bond acceptors (Lipinski definition) is 2. The average molecular weight is 301 g/mol. The van der Waals surface area contributed by atoms with Crippen LogP contribution in [0.25, 0.3) is 0 Å². The highest BCUT2D eigenvalue weighted by atomic mass is 16.2. The number of carbonyl (C=O) groups is 1. The van der Waals surface area contributed by atoms with Gasteiger partial charge in [0.1, 0.15) is 0 Å². The summed E-state index contributed by atoms with van der Waals surface area (Å²) in [5.41, 5.74) is 3.01. The first kappa shape index (κ1) is 15.3. The molecule has 4 heteroatoms. The highest BCUT2D eigenvalue weighted by molar-refractivity contribution is 5.74. The molecule has 2 amide bonds. The van der Waals surface area contributed by atoms with Crippen LogP contribution in [0.15, 0.2) is 24.3 Å². The molecule has 1 saturated heterocycles. The molecule has 1 atom stereocenters. The van der Waals surface area contributed by atoms with Crippen molar-refractivity contribution in [3.8, 4) is 0 Å². The minimum Gasteiger partial charge on any atom is -0.325 e. The SMILES string of the molecule is CCN(CC)C(=O)N1CCN(C2CCc3ccccc32)CC1. The van der Waals surface area contributed by atoms with Gasteiger partial charge < -0.3 is 9.80 Å². The number of carbonyl (C=O) groups excluding carboxylic acids is 1. The van der Waals surface area contributed by atoms with Gasteiger partial charge in [0.2, 0.25) is 0 Å². The van der Waals surface area contributed by atoms with E-state index in [1.807, 2.05) is 23.6 Å². The maximum atomic E-state index is 12.4. The van der Waals surface area contributed by atoms with Crippen LogP contribution in [0.3, 0.4) is 0 Å². The molecule has 1 fully saturated rings. The maximum absolute atomic E-state index is 12.4. The van der Waals surface area contributed by atoms with E-state index in [0.29, 0.717) is 6.04 Å². The van der Waals surface area contributed by atoms with E-state index < -0.39 is 0 Å². The number of urea groups is 1. The number of piperazine rings is 1. The fourth-order valence-electron chi connectivity index (χ4n) is 3.83. The molecule has 1 aliphatic heterocycles. The average Bonchev–Trinajstić information content (AvgIpc) is 3.00. The van der Waals surface area contributed by atoms with Crippen molar-refractivity contribution in [1.29, 1.82) is 0 Å². The lowest BCUT2D eigenvalue weighted by Crippen LogP contribution is -2.53. The fraction of sp³-hybridized carbons (Fsp3) is 0.611. The monoisotopic (exact) mass is 301 g/mol. The van der Waals surface area contributed by atoms with Crippen molar-refractivity contribution in [3.63, 3.8) is 0 Å². The van der Waals surface area contributed by atoms with E-state index in [0.717, 1.165) is 39.3 Å². The zero-order valence-electron chi connectivity index (χ0n) is 13.8. The Morgan fingerprint density at radius 3 is 2.50 bits per heavy atom. The minimum absolute atomic E-state index is 0.205. The lowest BCUT2D eigenvalue weighted by Gasteiger charge is -2.40. The molecule has 1 unspecified atom stereocenters. The Kier molecular flexibility index (Phi) is 4.67. The summed E-state index contributed by atoms with van der Waals surface area (Å²) in [4.78, 5) is 18.9. The molecule has 1 aliphatic carbocycles. The fourth-order valence-corrected chi connectivity index (χ4v) is 3.83. The third-order valence-corrected chi connectivity index (χ3v) is 5.16. The zero-order valence-corrected chi connectivity index (χ0v) is 13.8. The Bertz CT molecular complexity index is 519. The highest BCUT2D eigenvalue weighted by Gasteiger charge is 2.31. The van der Waals surface area contributed by atoms with Gasteiger partial charge in [-0.25, -0.2) is 4.79 Å². The number of nitrogens with zero attached hydrogens (tertiary/aromatic N) is 3. The maximum Gasteiger partial charge on any atom is 0.320 e. The molecule has 0 bridgehead atoms. The summed E-state index contributed by atoms with van der Waals surface area (Å²) < 4.78 is 0. The summed E-state index contributed by atoms with van der Waals surface area (Å²) in [6.07, 6.45) is 2.42. The lowest BCUT2D eigenvalue weighted by atomic mass is 10.1. The van der Waals surface area contributed by atoms with E-state index >= 15 is 0 Å². The van der Waals surface area contributed by atoms with E-state index in [1.165, 1.54) is 24.0 Å². The van der Waals surface area contributed by atoms with Crippen molar-refractivity contribution in [2.24, 2.45) is 0 Å². The van der Waals surface area contributed by atoms with Crippen molar-refractivity contribution in [2.75, 3.05) is 39.3 Å². The van der Waals surface area contributed by atoms with Gasteiger partial charge in [-0.3, -0.25) is 4.90 Å². The van der Waals surface area contributed by atoms with Crippen LogP contribution in [0.5, 0.6) is 0 Å². The van der Waals surface area contributed by atoms with E-state index in [1.54, 1.807) is 0 Å². The number of benzene rings is 1. The lowest BCUT2D eigenvalue weighted by molar-refractivity contribution is 0.0922. The summed E-state index contributed by atoms with van der Waals surface area (Å²) in [6.45, 7) is 9.39. The predicted octanol–water partition coefficient (Wildman–Crippen LogP) is 2.75. The van der Waals surface area contributed by atoms with Gasteiger partial charge >= 0.3 is 6.03 Å². The second-order valence-corrected chi connectivity index (χ2v) is 6.23. The standard InChI is InChI=1S/C18H27N3O/c1-3-19(4-2)18(22)21-13-11-20(12-14-21)17-10-9-15-7-5-6-8-16(15)17/h5-8,17H,3-4,9-14H2,1-2H3. The molecule has 3 rings (SSSR count). The molecule has 1 heterocycles. The number of amides is 2. The quantitative estimate of drug-likeness (QED) is 0.858. The van der Waals surface area contributed by atoms with Gasteiger partial charge in [0.25, 0.3) is 0 Å². The summed E-state index contributed by atoms with van der Waals surface area (Å²) in [6, 6.07) is 9.59. The summed E-state index contributed by atoms with van der Waals surface area (Å²) in [5, 5.41) is 0. The van der Waals surface area contributed by atoms with Gasteiger partial charge in [0.15, 0.2) is 0 Å². The van der Waals surface area contributed by atoms with Gasteiger partial charge in [0.05, 0.1) is 0 Å². The minimum atomic E-state index is 0.205. The van der Waals surface area contributed by atoms with Crippen LogP contribution < -0.4 is 0 Å². The van der Waals surface area contributed by atoms with Gasteiger partial charge in [-0.1, -0.05) is 24.3 Å². The number of aryl methyl sites for hydroxylation is 1. The van der Waals surface area contributed by atoms with Crippen LogP contribution in [0, 0.1) is 0 Å². The first-order chi connectivity index (χ1) is 10.7. The molecular formula is C18H27N3O. The summed E-state index contributed by atoms with van der Waals surface area (Å²) in [7, 11) is 0. The predicted molar refractivity (Wildman–Crippen MR) is 89.0 cm³/mol. The molecule has 22 heavy (non-hydrogen) atoms. The number of rotatable bonds is 3. The Morgan fingerprint density at radius 2 is 1.82 bits per heavy atom. The van der Waals surface area contributed by atoms with Gasteiger partial charge in [-0.15, -0.1) is 0 Å². The van der Waals surface area contributed by atoms with E-state index in [-0.39, 0.29) is 6.03 Å². The van der Waals surface area contributed by atoms with Crippen LogP contribution in [0.1, 0.15) is 37.4 Å². The van der Waals surface area contributed by atoms with Crippen molar-refractivity contribution in [3.05, 3.63) is 35.4 Å². The van der Waals surface area contributed by atoms with Crippen molar-refractivity contribution >= 4 is 6.03 Å². The molecule has 0 spiro atoms. The Balaban J connectivity index is 1.60. The Hall–Kier alpha value is -1.55.